The number of hydrogen-bond donors (Lipinski definition) is 2. The Labute approximate surface area is 228 Å². The van der Waals surface area contributed by atoms with Gasteiger partial charge in [-0.15, -0.1) is 11.3 Å². The fourth-order valence-corrected chi connectivity index (χ4v) is 7.06. The molecule has 0 bridgehead atoms. The molecule has 2 amide bonds. The van der Waals surface area contributed by atoms with Gasteiger partial charge in [0.1, 0.15) is 8.55 Å². The Balaban J connectivity index is 1.30. The fraction of sp³-hybridized carbons (Fsp3) is 0.154. The zero-order chi connectivity index (χ0) is 26.0. The molecular weight excluding hydrogens is 551 g/mol. The Morgan fingerprint density at radius 3 is 2.49 bits per heavy atom. The van der Waals surface area contributed by atoms with Gasteiger partial charge >= 0.3 is 6.03 Å². The zero-order valence-electron chi connectivity index (χ0n) is 19.4. The average Bonchev–Trinajstić information content (AvgIpc) is 3.48. The highest BCUT2D eigenvalue weighted by Gasteiger charge is 2.23. The van der Waals surface area contributed by atoms with E-state index in [9.17, 15) is 13.2 Å². The van der Waals surface area contributed by atoms with Crippen molar-refractivity contribution in [3.05, 3.63) is 93.6 Å². The topological polar surface area (TPSA) is 93.1 Å². The van der Waals surface area contributed by atoms with E-state index in [0.717, 1.165) is 64.2 Å². The number of carbonyl (C=O) groups excluding carboxylic acids is 1. The molecule has 4 aromatic rings. The number of aryl methyl sites for hydroxylation is 1. The second-order valence-corrected chi connectivity index (χ2v) is 12.4. The van der Waals surface area contributed by atoms with Gasteiger partial charge in [0, 0.05) is 6.54 Å². The minimum absolute atomic E-state index is 0.122. The number of carbonyl (C=O) groups is 1. The number of urea groups is 1. The van der Waals surface area contributed by atoms with E-state index in [1.165, 1.54) is 6.07 Å². The van der Waals surface area contributed by atoms with Gasteiger partial charge in [0.2, 0.25) is 0 Å². The highest BCUT2D eigenvalue weighted by atomic mass is 35.5. The van der Waals surface area contributed by atoms with Crippen LogP contribution in [0.5, 0.6) is 0 Å². The summed E-state index contributed by atoms with van der Waals surface area (Å²) in [7, 11) is -4.07. The van der Waals surface area contributed by atoms with Crippen LogP contribution in [0.4, 0.5) is 4.79 Å². The molecule has 0 radical (unpaired) electrons. The van der Waals surface area contributed by atoms with E-state index in [2.05, 4.69) is 34.7 Å². The number of benzene rings is 2. The molecule has 1 aliphatic rings. The van der Waals surface area contributed by atoms with Crippen molar-refractivity contribution in [2.75, 3.05) is 6.54 Å². The average molecular weight is 574 g/mol. The number of thiophene rings is 1. The van der Waals surface area contributed by atoms with E-state index >= 15 is 0 Å². The lowest BCUT2D eigenvalue weighted by Crippen LogP contribution is -2.39. The van der Waals surface area contributed by atoms with Gasteiger partial charge in [0.25, 0.3) is 10.0 Å². The van der Waals surface area contributed by atoms with Crippen molar-refractivity contribution in [1.29, 1.82) is 0 Å². The SMILES string of the molecule is O=C(NCC=C1CCCc2cnn(-c3ccc(-c4ccccc4)cc3)c21)NS(=O)(=O)c1cc(Cl)c(Cl)s1. The van der Waals surface area contributed by atoms with Gasteiger partial charge in [0.15, 0.2) is 0 Å². The van der Waals surface area contributed by atoms with Crippen molar-refractivity contribution in [3.8, 4) is 16.8 Å². The summed E-state index contributed by atoms with van der Waals surface area (Å²) >= 11 is 12.5. The molecule has 190 valence electrons. The second kappa shape index (κ2) is 10.7. The Hall–Kier alpha value is -3.11. The first-order valence-electron chi connectivity index (χ1n) is 11.5. The lowest BCUT2D eigenvalue weighted by molar-refractivity contribution is 0.247. The molecule has 0 fully saturated rings. The van der Waals surface area contributed by atoms with Crippen molar-refractivity contribution in [2.24, 2.45) is 0 Å². The van der Waals surface area contributed by atoms with E-state index in [4.69, 9.17) is 23.2 Å². The highest BCUT2D eigenvalue weighted by molar-refractivity contribution is 7.92. The van der Waals surface area contributed by atoms with Gasteiger partial charge in [-0.1, -0.05) is 71.7 Å². The summed E-state index contributed by atoms with van der Waals surface area (Å²) in [6.07, 6.45) is 6.51. The number of rotatable bonds is 6. The van der Waals surface area contributed by atoms with E-state index in [1.54, 1.807) is 0 Å². The predicted octanol–water partition coefficient (Wildman–Crippen LogP) is 6.32. The van der Waals surface area contributed by atoms with Crippen LogP contribution in [0, 0.1) is 0 Å². The molecular formula is C26H22Cl2N4O3S2. The predicted molar refractivity (Wildman–Crippen MR) is 148 cm³/mol. The lowest BCUT2D eigenvalue weighted by Gasteiger charge is -2.18. The molecule has 1 aliphatic carbocycles. The van der Waals surface area contributed by atoms with Gasteiger partial charge in [-0.25, -0.2) is 22.6 Å². The van der Waals surface area contributed by atoms with Gasteiger partial charge in [-0.05, 0) is 59.7 Å². The third-order valence-corrected chi connectivity index (χ3v) is 9.66. The molecule has 7 nitrogen and oxygen atoms in total. The molecule has 5 rings (SSSR count). The van der Waals surface area contributed by atoms with E-state index in [0.29, 0.717) is 0 Å². The van der Waals surface area contributed by atoms with Crippen LogP contribution >= 0.6 is 34.5 Å². The number of allylic oxidation sites excluding steroid dienone is 1. The largest absolute Gasteiger partial charge is 0.334 e. The maximum atomic E-state index is 12.4. The number of amides is 2. The molecule has 0 unspecified atom stereocenters. The highest BCUT2D eigenvalue weighted by Crippen LogP contribution is 2.34. The minimum atomic E-state index is -4.07. The molecule has 2 aromatic heterocycles. The summed E-state index contributed by atoms with van der Waals surface area (Å²) < 4.78 is 28.7. The van der Waals surface area contributed by atoms with Crippen molar-refractivity contribution >= 4 is 56.2 Å². The summed E-state index contributed by atoms with van der Waals surface area (Å²) in [4.78, 5) is 12.3. The number of aromatic nitrogens is 2. The molecule has 2 heterocycles. The van der Waals surface area contributed by atoms with Crippen LogP contribution in [0.3, 0.4) is 0 Å². The molecule has 0 saturated carbocycles. The van der Waals surface area contributed by atoms with E-state index < -0.39 is 16.1 Å². The number of hydrogen-bond acceptors (Lipinski definition) is 5. The summed E-state index contributed by atoms with van der Waals surface area (Å²) in [5, 5.41) is 7.34. The molecule has 37 heavy (non-hydrogen) atoms. The van der Waals surface area contributed by atoms with E-state index in [1.807, 2.05) is 52.0 Å². The molecule has 0 atom stereocenters. The third-order valence-electron chi connectivity index (χ3n) is 5.99. The van der Waals surface area contributed by atoms with Crippen LogP contribution < -0.4 is 10.0 Å². The smallest absolute Gasteiger partial charge is 0.328 e. The van der Waals surface area contributed by atoms with Crippen molar-refractivity contribution in [3.63, 3.8) is 0 Å². The summed E-state index contributed by atoms with van der Waals surface area (Å²) in [5.41, 5.74) is 6.41. The normalized spacial score (nSPS) is 14.4. The number of fused-ring (bicyclic) bond motifs is 1. The summed E-state index contributed by atoms with van der Waals surface area (Å²) in [6.45, 7) is 0.153. The fourth-order valence-electron chi connectivity index (χ4n) is 4.25. The van der Waals surface area contributed by atoms with Crippen LogP contribution in [0.25, 0.3) is 22.4 Å². The number of sulfonamides is 1. The van der Waals surface area contributed by atoms with E-state index in [-0.39, 0.29) is 20.1 Å². The van der Waals surface area contributed by atoms with Crippen molar-refractivity contribution < 1.29 is 13.2 Å². The summed E-state index contributed by atoms with van der Waals surface area (Å²) in [6, 6.07) is 18.8. The monoisotopic (exact) mass is 572 g/mol. The molecule has 2 aromatic carbocycles. The first-order valence-corrected chi connectivity index (χ1v) is 14.5. The Bertz CT molecular complexity index is 1560. The van der Waals surface area contributed by atoms with Crippen molar-refractivity contribution in [1.82, 2.24) is 19.8 Å². The maximum Gasteiger partial charge on any atom is 0.328 e. The van der Waals surface area contributed by atoms with Crippen molar-refractivity contribution in [2.45, 2.75) is 23.5 Å². The minimum Gasteiger partial charge on any atom is -0.334 e. The van der Waals surface area contributed by atoms with Gasteiger partial charge in [-0.3, -0.25) is 0 Å². The van der Waals surface area contributed by atoms with Gasteiger partial charge < -0.3 is 5.32 Å². The number of nitrogens with zero attached hydrogens (tertiary/aromatic N) is 2. The molecule has 0 spiro atoms. The van der Waals surface area contributed by atoms with Crippen LogP contribution in [-0.4, -0.2) is 30.8 Å². The van der Waals surface area contributed by atoms with Gasteiger partial charge in [0.05, 0.1) is 22.6 Å². The third kappa shape index (κ3) is 5.60. The first kappa shape index (κ1) is 25.5. The van der Waals surface area contributed by atoms with Gasteiger partial charge in [-0.2, -0.15) is 5.10 Å². The second-order valence-electron chi connectivity index (χ2n) is 8.43. The lowest BCUT2D eigenvalue weighted by atomic mass is 9.92. The molecule has 2 N–H and O–H groups in total. The first-order chi connectivity index (χ1) is 17.8. The summed E-state index contributed by atoms with van der Waals surface area (Å²) in [5.74, 6) is 0. The Morgan fingerprint density at radius 1 is 1.05 bits per heavy atom. The van der Waals surface area contributed by atoms with Crippen LogP contribution in [0.2, 0.25) is 9.36 Å². The van der Waals surface area contributed by atoms with Crippen LogP contribution in [0.1, 0.15) is 24.1 Å². The Morgan fingerprint density at radius 2 is 1.78 bits per heavy atom. The number of nitrogens with one attached hydrogen (secondary N) is 2. The standard InChI is InChI=1S/C26H22Cl2N4O3S2/c27-22-15-23(36-25(22)28)37(34,35)31-26(33)29-14-13-19-7-4-8-20-16-30-32(24(19)20)21-11-9-18(10-12-21)17-5-2-1-3-6-17/h1-3,5-6,9-13,15-16H,4,7-8,14H2,(H2,29,31,33). The quantitative estimate of drug-likeness (QED) is 0.283. The number of halogens is 2. The Kier molecular flexibility index (Phi) is 7.39. The molecule has 0 saturated heterocycles. The van der Waals surface area contributed by atoms with Crippen LogP contribution in [-0.2, 0) is 16.4 Å². The zero-order valence-corrected chi connectivity index (χ0v) is 22.6. The van der Waals surface area contributed by atoms with Crippen LogP contribution in [0.15, 0.2) is 77.1 Å². The maximum absolute atomic E-state index is 12.4. The molecule has 0 aliphatic heterocycles. The molecule has 11 heteroatoms.